The summed E-state index contributed by atoms with van der Waals surface area (Å²) in [6, 6.07) is 3.85. The van der Waals surface area contributed by atoms with E-state index in [1.807, 2.05) is 0 Å². The van der Waals surface area contributed by atoms with Crippen molar-refractivity contribution < 1.29 is 4.39 Å². The van der Waals surface area contributed by atoms with Crippen molar-refractivity contribution >= 4 is 27.5 Å². The van der Waals surface area contributed by atoms with E-state index in [0.29, 0.717) is 17.3 Å². The molecule has 1 heterocycles. The summed E-state index contributed by atoms with van der Waals surface area (Å²) in [6.45, 7) is 4.69. The Hall–Kier alpha value is -1.14. The van der Waals surface area contributed by atoms with E-state index in [1.54, 1.807) is 12.1 Å². The summed E-state index contributed by atoms with van der Waals surface area (Å²) < 4.78 is 14.8. The summed E-state index contributed by atoms with van der Waals surface area (Å²) in [6.07, 6.45) is 1.04. The average molecular weight is 343 g/mol. The number of hydrogen-bond acceptors (Lipinski definition) is 3. The van der Waals surface area contributed by atoms with Gasteiger partial charge < -0.3 is 10.6 Å². The predicted octanol–water partition coefficient (Wildman–Crippen LogP) is 2.40. The number of benzene rings is 1. The maximum Gasteiger partial charge on any atom is 0.161 e. The zero-order valence-electron chi connectivity index (χ0n) is 11.8. The summed E-state index contributed by atoms with van der Waals surface area (Å²) in [7, 11) is 2.11. The van der Waals surface area contributed by atoms with Crippen LogP contribution in [-0.4, -0.2) is 43.5 Å². The van der Waals surface area contributed by atoms with Crippen molar-refractivity contribution in [3.05, 3.63) is 28.0 Å². The number of nitrogen functional groups attached to an aromatic ring is 1. The Balaban J connectivity index is 2.30. The molecule has 1 atom stereocenters. The Labute approximate surface area is 127 Å². The molecule has 4 nitrogen and oxygen atoms in total. The van der Waals surface area contributed by atoms with Gasteiger partial charge in [-0.05, 0) is 41.5 Å². The van der Waals surface area contributed by atoms with Gasteiger partial charge in [-0.1, -0.05) is 6.92 Å². The number of nitrogens with two attached hydrogens (primary N) is 1. The van der Waals surface area contributed by atoms with Gasteiger partial charge in [0.1, 0.15) is 5.84 Å². The van der Waals surface area contributed by atoms with Crippen LogP contribution in [0, 0.1) is 11.2 Å². The second-order valence-electron chi connectivity index (χ2n) is 5.16. The van der Waals surface area contributed by atoms with Gasteiger partial charge in [-0.15, -0.1) is 0 Å². The normalized spacial score (nSPS) is 20.2. The number of nitrogens with one attached hydrogen (secondary N) is 1. The van der Waals surface area contributed by atoms with E-state index >= 15 is 0 Å². The minimum Gasteiger partial charge on any atom is -0.384 e. The molecule has 0 radical (unpaired) electrons. The number of nitrogens with zero attached hydrogens (tertiary/aromatic N) is 2. The van der Waals surface area contributed by atoms with Gasteiger partial charge in [0.05, 0.1) is 10.2 Å². The first kappa shape index (κ1) is 15.3. The smallest absolute Gasteiger partial charge is 0.161 e. The largest absolute Gasteiger partial charge is 0.384 e. The quantitative estimate of drug-likeness (QED) is 0.655. The third kappa shape index (κ3) is 2.81. The first-order valence-electron chi connectivity index (χ1n) is 6.73. The third-order valence-electron chi connectivity index (χ3n) is 3.94. The first-order valence-corrected chi connectivity index (χ1v) is 7.52. The topological polar surface area (TPSA) is 56.4 Å². The van der Waals surface area contributed by atoms with Crippen molar-refractivity contribution in [2.24, 2.45) is 5.73 Å². The van der Waals surface area contributed by atoms with E-state index in [4.69, 9.17) is 11.1 Å². The lowest BCUT2D eigenvalue weighted by Crippen LogP contribution is -2.51. The molecule has 1 aromatic rings. The Kier molecular flexibility index (Phi) is 4.65. The van der Waals surface area contributed by atoms with Crippen LogP contribution >= 0.6 is 15.9 Å². The molecule has 20 heavy (non-hydrogen) atoms. The second kappa shape index (κ2) is 6.10. The van der Waals surface area contributed by atoms with E-state index < -0.39 is 0 Å². The van der Waals surface area contributed by atoms with Gasteiger partial charge in [-0.2, -0.15) is 0 Å². The molecule has 2 rings (SSSR count). The van der Waals surface area contributed by atoms with Gasteiger partial charge in [0.2, 0.25) is 0 Å². The number of amidine groups is 1. The van der Waals surface area contributed by atoms with E-state index in [1.165, 1.54) is 0 Å². The first-order chi connectivity index (χ1) is 9.45. The fraction of sp³-hybridized carbons (Fsp3) is 0.500. The fourth-order valence-corrected chi connectivity index (χ4v) is 3.15. The lowest BCUT2D eigenvalue weighted by atomic mass is 10.1. The molecule has 0 amide bonds. The van der Waals surface area contributed by atoms with Gasteiger partial charge >= 0.3 is 0 Å². The number of rotatable bonds is 3. The minimum absolute atomic E-state index is 0.132. The highest BCUT2D eigenvalue weighted by molar-refractivity contribution is 9.10. The van der Waals surface area contributed by atoms with Crippen LogP contribution in [0.25, 0.3) is 0 Å². The molecule has 3 N–H and O–H groups in total. The SMILES string of the molecule is CCC1CN(c2ccc(C(=N)N)c(Br)c2F)CCN1C. The van der Waals surface area contributed by atoms with Crippen molar-refractivity contribution in [3.8, 4) is 0 Å². The molecule has 0 aliphatic carbocycles. The zero-order valence-corrected chi connectivity index (χ0v) is 13.4. The van der Waals surface area contributed by atoms with Gasteiger partial charge in [0.25, 0.3) is 0 Å². The number of piperazine rings is 1. The Morgan fingerprint density at radius 1 is 1.50 bits per heavy atom. The summed E-state index contributed by atoms with van der Waals surface area (Å²) in [4.78, 5) is 4.38. The van der Waals surface area contributed by atoms with Crippen LogP contribution in [0.2, 0.25) is 0 Å². The Morgan fingerprint density at radius 2 is 2.20 bits per heavy atom. The van der Waals surface area contributed by atoms with Crippen molar-refractivity contribution in [2.45, 2.75) is 19.4 Å². The van der Waals surface area contributed by atoms with Crippen LogP contribution in [0.15, 0.2) is 16.6 Å². The van der Waals surface area contributed by atoms with Crippen LogP contribution in [0.1, 0.15) is 18.9 Å². The van der Waals surface area contributed by atoms with Crippen molar-refractivity contribution in [3.63, 3.8) is 0 Å². The molecule has 1 fully saturated rings. The van der Waals surface area contributed by atoms with Gasteiger partial charge in [-0.25, -0.2) is 4.39 Å². The lowest BCUT2D eigenvalue weighted by molar-refractivity contribution is 0.213. The summed E-state index contributed by atoms with van der Waals surface area (Å²) >= 11 is 3.21. The van der Waals surface area contributed by atoms with Crippen LogP contribution in [0.5, 0.6) is 0 Å². The molecular weight excluding hydrogens is 323 g/mol. The van der Waals surface area contributed by atoms with Crippen LogP contribution in [0.4, 0.5) is 10.1 Å². The minimum atomic E-state index is -0.336. The maximum atomic E-state index is 14.5. The Morgan fingerprint density at radius 3 is 2.80 bits per heavy atom. The van der Waals surface area contributed by atoms with Crippen LogP contribution in [0.3, 0.4) is 0 Å². The molecule has 0 saturated carbocycles. The van der Waals surface area contributed by atoms with Crippen molar-refractivity contribution in [1.82, 2.24) is 4.90 Å². The lowest BCUT2D eigenvalue weighted by Gasteiger charge is -2.40. The van der Waals surface area contributed by atoms with E-state index in [9.17, 15) is 4.39 Å². The summed E-state index contributed by atoms with van der Waals surface area (Å²) in [5, 5.41) is 7.44. The molecule has 6 heteroatoms. The highest BCUT2D eigenvalue weighted by Crippen LogP contribution is 2.30. The summed E-state index contributed by atoms with van der Waals surface area (Å²) in [5.41, 5.74) is 6.41. The molecule has 0 aromatic heterocycles. The number of halogens is 2. The van der Waals surface area contributed by atoms with E-state index in [0.717, 1.165) is 26.1 Å². The van der Waals surface area contributed by atoms with Crippen molar-refractivity contribution in [2.75, 3.05) is 31.6 Å². The molecule has 1 aliphatic heterocycles. The molecule has 1 unspecified atom stereocenters. The highest BCUT2D eigenvalue weighted by atomic mass is 79.9. The Bertz CT molecular complexity index is 520. The van der Waals surface area contributed by atoms with E-state index in [2.05, 4.69) is 39.7 Å². The molecule has 110 valence electrons. The molecule has 1 saturated heterocycles. The monoisotopic (exact) mass is 342 g/mol. The molecule has 1 aromatic carbocycles. The summed E-state index contributed by atoms with van der Waals surface area (Å²) in [5.74, 6) is -0.468. The third-order valence-corrected chi connectivity index (χ3v) is 4.72. The molecule has 0 bridgehead atoms. The van der Waals surface area contributed by atoms with Crippen molar-refractivity contribution in [1.29, 1.82) is 5.41 Å². The standard InChI is InChI=1S/C14H20BrFN4/c1-3-9-8-20(7-6-19(9)2)11-5-4-10(14(17)18)12(15)13(11)16/h4-5,9H,3,6-8H2,1-2H3,(H3,17,18). The number of hydrogen-bond donors (Lipinski definition) is 2. The van der Waals surface area contributed by atoms with Gasteiger partial charge in [0, 0.05) is 31.2 Å². The number of anilines is 1. The molecular formula is C14H20BrFN4. The van der Waals surface area contributed by atoms with Crippen LogP contribution < -0.4 is 10.6 Å². The fourth-order valence-electron chi connectivity index (χ4n) is 2.60. The van der Waals surface area contributed by atoms with Gasteiger partial charge in [0.15, 0.2) is 5.82 Å². The average Bonchev–Trinajstić information content (AvgIpc) is 2.42. The van der Waals surface area contributed by atoms with Gasteiger partial charge in [-0.3, -0.25) is 10.3 Å². The van der Waals surface area contributed by atoms with E-state index in [-0.39, 0.29) is 16.1 Å². The number of likely N-dealkylation sites (N-methyl/N-ethyl adjacent to an activating group) is 1. The van der Waals surface area contributed by atoms with Crippen LogP contribution in [-0.2, 0) is 0 Å². The highest BCUT2D eigenvalue weighted by Gasteiger charge is 2.26. The molecule has 0 spiro atoms. The zero-order chi connectivity index (χ0) is 14.9. The predicted molar refractivity (Wildman–Crippen MR) is 84.0 cm³/mol. The second-order valence-corrected chi connectivity index (χ2v) is 5.96. The maximum absolute atomic E-state index is 14.5. The molecule has 1 aliphatic rings.